The highest BCUT2D eigenvalue weighted by Crippen LogP contribution is 2.32. The molecule has 232 valence electrons. The van der Waals surface area contributed by atoms with Crippen LogP contribution in [0.2, 0.25) is 10.0 Å². The number of carbonyl (C=O) groups is 2. The molecule has 0 aromatic heterocycles. The summed E-state index contributed by atoms with van der Waals surface area (Å²) in [6.45, 7) is 6.62. The van der Waals surface area contributed by atoms with Gasteiger partial charge in [-0.2, -0.15) is 0 Å². The molecule has 2 amide bonds. The number of hydrogen-bond acceptors (Lipinski definition) is 6. The lowest BCUT2D eigenvalue weighted by molar-refractivity contribution is -0.139. The molecule has 3 aromatic carbocycles. The zero-order valence-electron chi connectivity index (χ0n) is 25.1. The van der Waals surface area contributed by atoms with Crippen LogP contribution in [0.3, 0.4) is 0 Å². The Hall–Kier alpha value is -3.47. The quantitative estimate of drug-likeness (QED) is 0.249. The van der Waals surface area contributed by atoms with Crippen LogP contribution >= 0.6 is 23.2 Å². The van der Waals surface area contributed by atoms with Crippen LogP contribution in [0, 0.1) is 6.92 Å². The van der Waals surface area contributed by atoms with E-state index in [2.05, 4.69) is 5.32 Å². The molecule has 0 bridgehead atoms. The van der Waals surface area contributed by atoms with Gasteiger partial charge in [0.25, 0.3) is 10.0 Å². The lowest BCUT2D eigenvalue weighted by Crippen LogP contribution is -2.52. The van der Waals surface area contributed by atoms with Crippen molar-refractivity contribution in [2.75, 3.05) is 25.1 Å². The summed E-state index contributed by atoms with van der Waals surface area (Å²) < 4.78 is 39.9. The largest absolute Gasteiger partial charge is 0.493 e. The molecule has 0 saturated heterocycles. The first kappa shape index (κ1) is 34.0. The molecule has 2 atom stereocenters. The fraction of sp³-hybridized carbons (Fsp3) is 0.355. The molecule has 0 heterocycles. The number of nitrogens with one attached hydrogen (secondary N) is 1. The van der Waals surface area contributed by atoms with Gasteiger partial charge in [-0.3, -0.25) is 13.9 Å². The number of sulfonamides is 1. The molecule has 9 nitrogen and oxygen atoms in total. The smallest absolute Gasteiger partial charge is 0.264 e. The number of halogens is 2. The number of carbonyl (C=O) groups excluding carboxylic acids is 2. The minimum atomic E-state index is -4.30. The first-order valence-electron chi connectivity index (χ1n) is 13.7. The highest BCUT2D eigenvalue weighted by atomic mass is 35.5. The number of rotatable bonds is 13. The van der Waals surface area contributed by atoms with Gasteiger partial charge in [-0.1, -0.05) is 53.9 Å². The average Bonchev–Trinajstić information content (AvgIpc) is 2.98. The van der Waals surface area contributed by atoms with E-state index in [1.54, 1.807) is 49.4 Å². The number of ether oxygens (including phenoxy) is 2. The molecule has 3 aromatic rings. The molecular formula is C31H37Cl2N3O6S. The van der Waals surface area contributed by atoms with Gasteiger partial charge in [-0.25, -0.2) is 8.42 Å². The minimum absolute atomic E-state index is 0.0535. The van der Waals surface area contributed by atoms with E-state index in [1.165, 1.54) is 37.3 Å². The van der Waals surface area contributed by atoms with Crippen LogP contribution in [0.5, 0.6) is 11.5 Å². The summed E-state index contributed by atoms with van der Waals surface area (Å²) in [5.74, 6) is -0.417. The van der Waals surface area contributed by atoms with E-state index in [-0.39, 0.29) is 34.8 Å². The third-order valence-corrected chi connectivity index (χ3v) is 9.42. The monoisotopic (exact) mass is 649 g/mol. The van der Waals surface area contributed by atoms with Gasteiger partial charge in [0.2, 0.25) is 11.8 Å². The molecule has 0 aliphatic carbocycles. The molecule has 43 heavy (non-hydrogen) atoms. The molecule has 0 aliphatic heterocycles. The average molecular weight is 651 g/mol. The summed E-state index contributed by atoms with van der Waals surface area (Å²) in [6.07, 6.45) is 0.695. The second-order valence-electron chi connectivity index (χ2n) is 10.1. The topological polar surface area (TPSA) is 105 Å². The molecule has 1 N–H and O–H groups in total. The number of hydrogen-bond donors (Lipinski definition) is 1. The Morgan fingerprint density at radius 2 is 1.58 bits per heavy atom. The molecule has 0 unspecified atom stereocenters. The van der Waals surface area contributed by atoms with Crippen molar-refractivity contribution < 1.29 is 27.5 Å². The highest BCUT2D eigenvalue weighted by Gasteiger charge is 2.33. The van der Waals surface area contributed by atoms with Gasteiger partial charge in [0.1, 0.15) is 12.6 Å². The van der Waals surface area contributed by atoms with Crippen LogP contribution < -0.4 is 19.1 Å². The molecular weight excluding hydrogens is 613 g/mol. The summed E-state index contributed by atoms with van der Waals surface area (Å²) >= 11 is 12.5. The van der Waals surface area contributed by atoms with Gasteiger partial charge < -0.3 is 19.7 Å². The predicted octanol–water partition coefficient (Wildman–Crippen LogP) is 5.85. The van der Waals surface area contributed by atoms with Gasteiger partial charge in [0, 0.05) is 28.7 Å². The van der Waals surface area contributed by atoms with Crippen LogP contribution in [0.25, 0.3) is 0 Å². The Labute approximate surface area is 263 Å². The van der Waals surface area contributed by atoms with Crippen molar-refractivity contribution in [3.05, 3.63) is 81.8 Å². The van der Waals surface area contributed by atoms with Crippen LogP contribution in [0.4, 0.5) is 5.69 Å². The summed E-state index contributed by atoms with van der Waals surface area (Å²) in [4.78, 5) is 28.5. The number of methoxy groups -OCH3 is 2. The maximum atomic E-state index is 14.1. The molecule has 3 rings (SSSR count). The molecule has 0 fully saturated rings. The Bertz CT molecular complexity index is 1550. The van der Waals surface area contributed by atoms with Gasteiger partial charge in [-0.05, 0) is 69.2 Å². The second-order valence-corrected chi connectivity index (χ2v) is 12.8. The van der Waals surface area contributed by atoms with Crippen LogP contribution in [0.15, 0.2) is 65.6 Å². The third kappa shape index (κ3) is 8.34. The lowest BCUT2D eigenvalue weighted by Gasteiger charge is -2.32. The summed E-state index contributed by atoms with van der Waals surface area (Å²) in [6, 6.07) is 14.7. The van der Waals surface area contributed by atoms with Crippen molar-refractivity contribution in [3.8, 4) is 11.5 Å². The summed E-state index contributed by atoms with van der Waals surface area (Å²) in [5.41, 5.74) is 1.73. The molecule has 0 aliphatic rings. The first-order valence-corrected chi connectivity index (χ1v) is 15.9. The Morgan fingerprint density at radius 3 is 2.16 bits per heavy atom. The van der Waals surface area contributed by atoms with Crippen molar-refractivity contribution in [2.24, 2.45) is 0 Å². The van der Waals surface area contributed by atoms with Gasteiger partial charge in [0.05, 0.1) is 24.8 Å². The van der Waals surface area contributed by atoms with E-state index in [9.17, 15) is 18.0 Å². The zero-order valence-corrected chi connectivity index (χ0v) is 27.4. The molecule has 0 radical (unpaired) electrons. The maximum absolute atomic E-state index is 14.1. The Balaban J connectivity index is 2.08. The molecule has 12 heteroatoms. The lowest BCUT2D eigenvalue weighted by atomic mass is 10.1. The van der Waals surface area contributed by atoms with E-state index >= 15 is 0 Å². The minimum Gasteiger partial charge on any atom is -0.493 e. The number of nitrogens with zero attached hydrogens (tertiary/aromatic N) is 2. The maximum Gasteiger partial charge on any atom is 0.264 e. The normalized spacial score (nSPS) is 12.7. The number of aryl methyl sites for hydroxylation is 1. The number of benzene rings is 3. The number of amides is 2. The molecule has 0 saturated carbocycles. The van der Waals surface area contributed by atoms with Crippen molar-refractivity contribution in [1.29, 1.82) is 0 Å². The van der Waals surface area contributed by atoms with Crippen molar-refractivity contribution in [2.45, 2.75) is 57.6 Å². The second kappa shape index (κ2) is 14.8. The third-order valence-electron chi connectivity index (χ3n) is 7.07. The van der Waals surface area contributed by atoms with Crippen LogP contribution in [-0.4, -0.2) is 58.0 Å². The summed E-state index contributed by atoms with van der Waals surface area (Å²) in [5, 5.41) is 3.63. The van der Waals surface area contributed by atoms with Gasteiger partial charge >= 0.3 is 0 Å². The van der Waals surface area contributed by atoms with Crippen LogP contribution in [0.1, 0.15) is 38.3 Å². The van der Waals surface area contributed by atoms with E-state index in [0.717, 1.165) is 9.87 Å². The van der Waals surface area contributed by atoms with Crippen LogP contribution in [-0.2, 0) is 26.2 Å². The van der Waals surface area contributed by atoms with E-state index < -0.39 is 28.5 Å². The predicted molar refractivity (Wildman–Crippen MR) is 170 cm³/mol. The zero-order chi connectivity index (χ0) is 31.9. The van der Waals surface area contributed by atoms with Crippen molar-refractivity contribution >= 4 is 50.7 Å². The fourth-order valence-electron chi connectivity index (χ4n) is 4.23. The Morgan fingerprint density at radius 1 is 0.930 bits per heavy atom. The molecule has 0 spiro atoms. The standard InChI is InChI=1S/C31H37Cl2N3O6S/c1-7-21(3)34-31(38)22(4)35(18-23-10-11-24(32)16-27(23)33)30(37)19-36(25-12-8-20(2)9-13-25)43(39,40)26-14-15-28(41-5)29(17-26)42-6/h8-17,21-22H,7,18-19H2,1-6H3,(H,34,38)/t21-,22-/m1/s1. The van der Waals surface area contributed by atoms with Crippen molar-refractivity contribution in [1.82, 2.24) is 10.2 Å². The number of anilines is 1. The highest BCUT2D eigenvalue weighted by molar-refractivity contribution is 7.92. The van der Waals surface area contributed by atoms with E-state index in [0.29, 0.717) is 27.8 Å². The SMILES string of the molecule is CC[C@@H](C)NC(=O)[C@@H](C)N(Cc1ccc(Cl)cc1Cl)C(=O)CN(c1ccc(C)cc1)S(=O)(=O)c1ccc(OC)c(OC)c1. The van der Waals surface area contributed by atoms with E-state index in [4.69, 9.17) is 32.7 Å². The Kier molecular flexibility index (Phi) is 11.7. The van der Waals surface area contributed by atoms with Crippen molar-refractivity contribution in [3.63, 3.8) is 0 Å². The first-order chi connectivity index (χ1) is 20.3. The summed E-state index contributed by atoms with van der Waals surface area (Å²) in [7, 11) is -1.45. The fourth-order valence-corrected chi connectivity index (χ4v) is 6.12. The van der Waals surface area contributed by atoms with E-state index in [1.807, 2.05) is 20.8 Å². The van der Waals surface area contributed by atoms with Gasteiger partial charge in [0.15, 0.2) is 11.5 Å². The van der Waals surface area contributed by atoms with Gasteiger partial charge in [-0.15, -0.1) is 0 Å².